The summed E-state index contributed by atoms with van der Waals surface area (Å²) in [5, 5.41) is 11.9. The molecule has 1 saturated carbocycles. The van der Waals surface area contributed by atoms with Crippen LogP contribution in [0.25, 0.3) is 0 Å². The van der Waals surface area contributed by atoms with E-state index in [-0.39, 0.29) is 17.8 Å². The average Bonchev–Trinajstić information content (AvgIpc) is 2.89. The molecule has 2 N–H and O–H groups in total. The van der Waals surface area contributed by atoms with Crippen molar-refractivity contribution in [2.75, 3.05) is 5.75 Å². The zero-order chi connectivity index (χ0) is 15.2. The maximum absolute atomic E-state index is 12.7. The highest BCUT2D eigenvalue weighted by atomic mass is 32.2. The van der Waals surface area contributed by atoms with Crippen molar-refractivity contribution in [3.8, 4) is 0 Å². The van der Waals surface area contributed by atoms with Crippen LogP contribution in [0.2, 0.25) is 0 Å². The van der Waals surface area contributed by atoms with Gasteiger partial charge in [0.15, 0.2) is 0 Å². The molecule has 21 heavy (non-hydrogen) atoms. The van der Waals surface area contributed by atoms with Crippen molar-refractivity contribution in [2.45, 2.75) is 36.6 Å². The highest BCUT2D eigenvalue weighted by Gasteiger charge is 2.33. The molecule has 114 valence electrons. The fraction of sp³-hybridized carbons (Fsp3) is 0.467. The molecule has 1 aliphatic rings. The van der Waals surface area contributed by atoms with Gasteiger partial charge in [0.2, 0.25) is 5.91 Å². The van der Waals surface area contributed by atoms with E-state index >= 15 is 0 Å². The quantitative estimate of drug-likeness (QED) is 0.793. The van der Waals surface area contributed by atoms with E-state index in [0.29, 0.717) is 18.6 Å². The van der Waals surface area contributed by atoms with Crippen LogP contribution < -0.4 is 5.32 Å². The third-order valence-corrected chi connectivity index (χ3v) is 4.60. The Morgan fingerprint density at radius 1 is 1.29 bits per heavy atom. The number of carbonyl (C=O) groups excluding carboxylic acids is 1. The molecule has 0 aliphatic heterocycles. The summed E-state index contributed by atoms with van der Waals surface area (Å²) < 4.78 is 12.7. The van der Waals surface area contributed by atoms with E-state index in [1.165, 1.54) is 23.9 Å². The first-order chi connectivity index (χ1) is 10.1. The van der Waals surface area contributed by atoms with Crippen molar-refractivity contribution in [3.63, 3.8) is 0 Å². The molecule has 1 aromatic rings. The first kappa shape index (κ1) is 15.8. The third-order valence-electron chi connectivity index (χ3n) is 3.59. The first-order valence-corrected chi connectivity index (χ1v) is 7.95. The van der Waals surface area contributed by atoms with Gasteiger partial charge < -0.3 is 10.4 Å². The number of aliphatic carboxylic acids is 1. The molecule has 0 spiro atoms. The van der Waals surface area contributed by atoms with Crippen LogP contribution in [0.15, 0.2) is 29.2 Å². The molecule has 1 fully saturated rings. The van der Waals surface area contributed by atoms with E-state index in [2.05, 4.69) is 5.32 Å². The van der Waals surface area contributed by atoms with E-state index in [4.69, 9.17) is 5.11 Å². The van der Waals surface area contributed by atoms with Gasteiger partial charge in [-0.2, -0.15) is 0 Å². The molecule has 1 amide bonds. The van der Waals surface area contributed by atoms with Crippen LogP contribution in [0.5, 0.6) is 0 Å². The summed E-state index contributed by atoms with van der Waals surface area (Å²) in [6.45, 7) is 0. The van der Waals surface area contributed by atoms with Gasteiger partial charge in [-0.1, -0.05) is 6.42 Å². The topological polar surface area (TPSA) is 66.4 Å². The van der Waals surface area contributed by atoms with Crippen molar-refractivity contribution in [2.24, 2.45) is 5.92 Å². The Hall–Kier alpha value is -1.56. The molecular formula is C15H18FNO3S. The molecule has 4 nitrogen and oxygen atoms in total. The second-order valence-corrected chi connectivity index (χ2v) is 6.27. The van der Waals surface area contributed by atoms with Gasteiger partial charge in [-0.3, -0.25) is 9.59 Å². The summed E-state index contributed by atoms with van der Waals surface area (Å²) in [7, 11) is 0. The standard InChI is InChI=1S/C15H18FNO3S/c16-10-4-6-11(7-5-10)21-9-8-14(18)17-13-3-1-2-12(13)15(19)20/h4-7,12-13H,1-3,8-9H2,(H,17,18)(H,19,20)/t12-,13+/m1/s1. The number of carbonyl (C=O) groups is 2. The Labute approximate surface area is 127 Å². The third kappa shape index (κ3) is 4.74. The van der Waals surface area contributed by atoms with Gasteiger partial charge in [0.1, 0.15) is 5.82 Å². The van der Waals surface area contributed by atoms with Crippen LogP contribution in [0, 0.1) is 11.7 Å². The largest absolute Gasteiger partial charge is 0.481 e. The molecule has 0 heterocycles. The molecule has 2 rings (SSSR count). The average molecular weight is 311 g/mol. The van der Waals surface area contributed by atoms with Crippen molar-refractivity contribution in [3.05, 3.63) is 30.1 Å². The minimum Gasteiger partial charge on any atom is -0.481 e. The Morgan fingerprint density at radius 2 is 2.00 bits per heavy atom. The molecule has 1 aliphatic carbocycles. The van der Waals surface area contributed by atoms with Gasteiger partial charge >= 0.3 is 5.97 Å². The number of halogens is 1. The number of carboxylic acid groups (broad SMARTS) is 1. The van der Waals surface area contributed by atoms with Crippen molar-refractivity contribution in [1.82, 2.24) is 5.32 Å². The summed E-state index contributed by atoms with van der Waals surface area (Å²) in [6.07, 6.45) is 2.52. The van der Waals surface area contributed by atoms with Crippen LogP contribution in [-0.4, -0.2) is 28.8 Å². The van der Waals surface area contributed by atoms with Gasteiger partial charge in [0.25, 0.3) is 0 Å². The predicted molar refractivity (Wildman–Crippen MR) is 78.6 cm³/mol. The van der Waals surface area contributed by atoms with Crippen molar-refractivity contribution < 1.29 is 19.1 Å². The summed E-state index contributed by atoms with van der Waals surface area (Å²) in [5.41, 5.74) is 0. The number of thioether (sulfide) groups is 1. The lowest BCUT2D eigenvalue weighted by atomic mass is 10.0. The van der Waals surface area contributed by atoms with Gasteiger partial charge in [-0.25, -0.2) is 4.39 Å². The Morgan fingerprint density at radius 3 is 2.67 bits per heavy atom. The smallest absolute Gasteiger partial charge is 0.308 e. The van der Waals surface area contributed by atoms with Gasteiger partial charge in [-0.15, -0.1) is 11.8 Å². The number of benzene rings is 1. The molecule has 6 heteroatoms. The van der Waals surface area contributed by atoms with E-state index in [0.717, 1.165) is 17.7 Å². The molecule has 1 aromatic carbocycles. The van der Waals surface area contributed by atoms with E-state index in [1.54, 1.807) is 12.1 Å². The van der Waals surface area contributed by atoms with E-state index in [9.17, 15) is 14.0 Å². The SMILES string of the molecule is O=C(CCSc1ccc(F)cc1)N[C@H]1CCC[C@H]1C(=O)O. The van der Waals surface area contributed by atoms with Crippen LogP contribution in [0.4, 0.5) is 4.39 Å². The monoisotopic (exact) mass is 311 g/mol. The number of hydrogen-bond acceptors (Lipinski definition) is 3. The summed E-state index contributed by atoms with van der Waals surface area (Å²) in [4.78, 5) is 23.8. The number of rotatable bonds is 6. The maximum Gasteiger partial charge on any atom is 0.308 e. The van der Waals surface area contributed by atoms with Gasteiger partial charge in [0, 0.05) is 23.1 Å². The number of hydrogen-bond donors (Lipinski definition) is 2. The molecule has 0 saturated heterocycles. The predicted octanol–water partition coefficient (Wildman–Crippen LogP) is 2.68. The highest BCUT2D eigenvalue weighted by Crippen LogP contribution is 2.26. The zero-order valence-corrected chi connectivity index (χ0v) is 12.4. The maximum atomic E-state index is 12.7. The van der Waals surface area contributed by atoms with Crippen LogP contribution >= 0.6 is 11.8 Å². The molecule has 0 bridgehead atoms. The Kier molecular flexibility index (Phi) is 5.61. The van der Waals surface area contributed by atoms with E-state index in [1.807, 2.05) is 0 Å². The highest BCUT2D eigenvalue weighted by molar-refractivity contribution is 7.99. The lowest BCUT2D eigenvalue weighted by Gasteiger charge is -2.17. The van der Waals surface area contributed by atoms with Gasteiger partial charge in [0.05, 0.1) is 5.92 Å². The molecular weight excluding hydrogens is 293 g/mol. The molecule has 2 atom stereocenters. The van der Waals surface area contributed by atoms with Crippen LogP contribution in [0.3, 0.4) is 0 Å². The summed E-state index contributed by atoms with van der Waals surface area (Å²) in [5.74, 6) is -1.11. The van der Waals surface area contributed by atoms with Gasteiger partial charge in [-0.05, 0) is 37.1 Å². The fourth-order valence-corrected chi connectivity index (χ4v) is 3.35. The Balaban J connectivity index is 1.72. The zero-order valence-electron chi connectivity index (χ0n) is 11.5. The normalized spacial score (nSPS) is 21.2. The van der Waals surface area contributed by atoms with Crippen molar-refractivity contribution in [1.29, 1.82) is 0 Å². The minimum atomic E-state index is -0.835. The van der Waals surface area contributed by atoms with Crippen molar-refractivity contribution >= 4 is 23.6 Å². The Bertz CT molecular complexity index is 506. The lowest BCUT2D eigenvalue weighted by molar-refractivity contribution is -0.142. The number of carboxylic acids is 1. The number of nitrogens with one attached hydrogen (secondary N) is 1. The summed E-state index contributed by atoms with van der Waals surface area (Å²) >= 11 is 1.48. The minimum absolute atomic E-state index is 0.122. The second kappa shape index (κ2) is 7.45. The first-order valence-electron chi connectivity index (χ1n) is 6.97. The summed E-state index contributed by atoms with van der Waals surface area (Å²) in [6, 6.07) is 5.88. The van der Waals surface area contributed by atoms with Crippen LogP contribution in [0.1, 0.15) is 25.7 Å². The van der Waals surface area contributed by atoms with Crippen LogP contribution in [-0.2, 0) is 9.59 Å². The second-order valence-electron chi connectivity index (χ2n) is 5.10. The number of amides is 1. The molecule has 0 radical (unpaired) electrons. The molecule has 0 unspecified atom stereocenters. The van der Waals surface area contributed by atoms with E-state index < -0.39 is 11.9 Å². The lowest BCUT2D eigenvalue weighted by Crippen LogP contribution is -2.40. The fourth-order valence-electron chi connectivity index (χ4n) is 2.50. The molecule has 0 aromatic heterocycles.